The summed E-state index contributed by atoms with van der Waals surface area (Å²) >= 11 is 0. The molecule has 0 N–H and O–H groups in total. The zero-order chi connectivity index (χ0) is 11.9. The predicted octanol–water partition coefficient (Wildman–Crippen LogP) is 4.41. The van der Waals surface area contributed by atoms with Gasteiger partial charge in [-0.25, -0.2) is 0 Å². The molecule has 1 heteroatoms. The average molecular weight is 221 g/mol. The van der Waals surface area contributed by atoms with Gasteiger partial charge >= 0.3 is 0 Å². The van der Waals surface area contributed by atoms with E-state index >= 15 is 0 Å². The minimum atomic E-state index is 0.980. The van der Waals surface area contributed by atoms with Gasteiger partial charge < -0.3 is 0 Å². The van der Waals surface area contributed by atoms with E-state index in [4.69, 9.17) is 0 Å². The number of allylic oxidation sites excluding steroid dienone is 1. The first-order valence-electron chi connectivity index (χ1n) is 5.67. The Morgan fingerprint density at radius 2 is 1.59 bits per heavy atom. The van der Waals surface area contributed by atoms with Gasteiger partial charge in [-0.3, -0.25) is 4.99 Å². The third-order valence-electron chi connectivity index (χ3n) is 2.43. The molecule has 0 fully saturated rings. The third kappa shape index (κ3) is 3.72. The Kier molecular flexibility index (Phi) is 3.87. The van der Waals surface area contributed by atoms with Gasteiger partial charge in [0.2, 0.25) is 0 Å². The van der Waals surface area contributed by atoms with Gasteiger partial charge in [0.25, 0.3) is 0 Å². The molecule has 2 rings (SSSR count). The summed E-state index contributed by atoms with van der Waals surface area (Å²) in [5.41, 5.74) is 3.42. The van der Waals surface area contributed by atoms with E-state index < -0.39 is 0 Å². The fourth-order valence-electron chi connectivity index (χ4n) is 1.48. The molecule has 84 valence electrons. The van der Waals surface area contributed by atoms with Crippen molar-refractivity contribution in [1.82, 2.24) is 0 Å². The first kappa shape index (κ1) is 11.3. The zero-order valence-electron chi connectivity index (χ0n) is 9.88. The van der Waals surface area contributed by atoms with Crippen LogP contribution in [0.3, 0.4) is 0 Å². The Labute approximate surface area is 102 Å². The lowest BCUT2D eigenvalue weighted by Gasteiger charge is -1.93. The van der Waals surface area contributed by atoms with Crippen LogP contribution in [0.15, 0.2) is 65.7 Å². The SMILES string of the molecule is Cc1ccc(N=CC=Cc2ccccc2)cc1. The molecule has 2 aromatic carbocycles. The summed E-state index contributed by atoms with van der Waals surface area (Å²) in [6, 6.07) is 18.4. The Morgan fingerprint density at radius 3 is 2.29 bits per heavy atom. The van der Waals surface area contributed by atoms with E-state index in [2.05, 4.69) is 36.2 Å². The van der Waals surface area contributed by atoms with Crippen molar-refractivity contribution in [2.45, 2.75) is 6.92 Å². The van der Waals surface area contributed by atoms with E-state index in [1.54, 1.807) is 0 Å². The smallest absolute Gasteiger partial charge is 0.0629 e. The molecule has 0 unspecified atom stereocenters. The molecule has 0 aromatic heterocycles. The minimum absolute atomic E-state index is 0.980. The molecule has 0 spiro atoms. The number of hydrogen-bond acceptors (Lipinski definition) is 1. The highest BCUT2D eigenvalue weighted by Gasteiger charge is 1.85. The van der Waals surface area contributed by atoms with Gasteiger partial charge in [0, 0.05) is 6.21 Å². The topological polar surface area (TPSA) is 12.4 Å². The van der Waals surface area contributed by atoms with E-state index in [9.17, 15) is 0 Å². The maximum Gasteiger partial charge on any atom is 0.0629 e. The molecule has 1 nitrogen and oxygen atoms in total. The molecular weight excluding hydrogens is 206 g/mol. The van der Waals surface area contributed by atoms with Crippen LogP contribution in [-0.2, 0) is 0 Å². The molecule has 0 amide bonds. The summed E-state index contributed by atoms with van der Waals surface area (Å²) in [4.78, 5) is 4.35. The minimum Gasteiger partial charge on any atom is -0.257 e. The molecule has 17 heavy (non-hydrogen) atoms. The predicted molar refractivity (Wildman–Crippen MR) is 74.8 cm³/mol. The molecule has 0 aliphatic rings. The second-order valence-electron chi connectivity index (χ2n) is 3.88. The van der Waals surface area contributed by atoms with Gasteiger partial charge in [-0.15, -0.1) is 0 Å². The van der Waals surface area contributed by atoms with Crippen LogP contribution < -0.4 is 0 Å². The second kappa shape index (κ2) is 5.80. The van der Waals surface area contributed by atoms with Crippen molar-refractivity contribution in [3.8, 4) is 0 Å². The van der Waals surface area contributed by atoms with Crippen LogP contribution in [-0.4, -0.2) is 6.21 Å². The van der Waals surface area contributed by atoms with Crippen LogP contribution in [0.1, 0.15) is 11.1 Å². The lowest BCUT2D eigenvalue weighted by Crippen LogP contribution is -1.71. The summed E-state index contributed by atoms with van der Waals surface area (Å²) < 4.78 is 0. The number of nitrogens with zero attached hydrogens (tertiary/aromatic N) is 1. The molecule has 2 aromatic rings. The maximum atomic E-state index is 4.35. The highest BCUT2D eigenvalue weighted by molar-refractivity contribution is 5.80. The van der Waals surface area contributed by atoms with Crippen molar-refractivity contribution in [3.05, 3.63) is 71.8 Å². The monoisotopic (exact) mass is 221 g/mol. The quantitative estimate of drug-likeness (QED) is 0.681. The first-order chi connectivity index (χ1) is 8.34. The molecule has 0 atom stereocenters. The average Bonchev–Trinajstić information content (AvgIpc) is 2.38. The number of aryl methyl sites for hydroxylation is 1. The molecular formula is C16H15N. The summed E-state index contributed by atoms with van der Waals surface area (Å²) in [5.74, 6) is 0. The van der Waals surface area contributed by atoms with Crippen molar-refractivity contribution in [2.24, 2.45) is 4.99 Å². The van der Waals surface area contributed by atoms with Crippen molar-refractivity contribution in [1.29, 1.82) is 0 Å². The van der Waals surface area contributed by atoms with Gasteiger partial charge in [0.15, 0.2) is 0 Å². The number of aliphatic imine (C=N–C) groups is 1. The van der Waals surface area contributed by atoms with E-state index in [0.717, 1.165) is 5.69 Å². The fraction of sp³-hybridized carbons (Fsp3) is 0.0625. The lowest BCUT2D eigenvalue weighted by atomic mass is 10.2. The first-order valence-corrected chi connectivity index (χ1v) is 5.67. The largest absolute Gasteiger partial charge is 0.257 e. The van der Waals surface area contributed by atoms with E-state index in [0.29, 0.717) is 0 Å². The van der Waals surface area contributed by atoms with E-state index in [1.807, 2.05) is 48.7 Å². The van der Waals surface area contributed by atoms with Gasteiger partial charge in [-0.1, -0.05) is 54.1 Å². The molecule has 0 saturated carbocycles. The van der Waals surface area contributed by atoms with E-state index in [1.165, 1.54) is 11.1 Å². The maximum absolute atomic E-state index is 4.35. The second-order valence-corrected chi connectivity index (χ2v) is 3.88. The fourth-order valence-corrected chi connectivity index (χ4v) is 1.48. The molecule has 0 radical (unpaired) electrons. The standard InChI is InChI=1S/C16H15N/c1-14-9-11-16(12-10-14)17-13-5-8-15-6-3-2-4-7-15/h2-13H,1H3. The highest BCUT2D eigenvalue weighted by atomic mass is 14.7. The Balaban J connectivity index is 1.98. The number of hydrogen-bond donors (Lipinski definition) is 0. The third-order valence-corrected chi connectivity index (χ3v) is 2.43. The molecule has 0 aliphatic heterocycles. The van der Waals surface area contributed by atoms with Crippen molar-refractivity contribution < 1.29 is 0 Å². The molecule has 0 saturated heterocycles. The number of benzene rings is 2. The Hall–Kier alpha value is -2.15. The van der Waals surface area contributed by atoms with Gasteiger partial charge in [-0.2, -0.15) is 0 Å². The van der Waals surface area contributed by atoms with Gasteiger partial charge in [0.05, 0.1) is 5.69 Å². The summed E-state index contributed by atoms with van der Waals surface area (Å²) in [6.07, 6.45) is 5.81. The van der Waals surface area contributed by atoms with Crippen molar-refractivity contribution in [2.75, 3.05) is 0 Å². The van der Waals surface area contributed by atoms with Crippen LogP contribution in [0.4, 0.5) is 5.69 Å². The summed E-state index contributed by atoms with van der Waals surface area (Å²) in [5, 5.41) is 0. The summed E-state index contributed by atoms with van der Waals surface area (Å²) in [7, 11) is 0. The zero-order valence-corrected chi connectivity index (χ0v) is 9.88. The van der Waals surface area contributed by atoms with Crippen LogP contribution >= 0.6 is 0 Å². The molecule has 0 bridgehead atoms. The Bertz CT molecular complexity index is 507. The van der Waals surface area contributed by atoms with Gasteiger partial charge in [0.1, 0.15) is 0 Å². The highest BCUT2D eigenvalue weighted by Crippen LogP contribution is 2.11. The van der Waals surface area contributed by atoms with Crippen LogP contribution in [0.25, 0.3) is 6.08 Å². The van der Waals surface area contributed by atoms with Crippen molar-refractivity contribution >= 4 is 18.0 Å². The molecule has 0 heterocycles. The van der Waals surface area contributed by atoms with Crippen LogP contribution in [0.5, 0.6) is 0 Å². The normalized spacial score (nSPS) is 11.4. The van der Waals surface area contributed by atoms with Gasteiger partial charge in [-0.05, 0) is 30.7 Å². The summed E-state index contributed by atoms with van der Waals surface area (Å²) in [6.45, 7) is 2.07. The Morgan fingerprint density at radius 1 is 0.882 bits per heavy atom. The lowest BCUT2D eigenvalue weighted by molar-refractivity contribution is 1.44. The molecule has 0 aliphatic carbocycles. The number of rotatable bonds is 3. The van der Waals surface area contributed by atoms with Crippen LogP contribution in [0.2, 0.25) is 0 Å². The van der Waals surface area contributed by atoms with E-state index in [-0.39, 0.29) is 0 Å². The van der Waals surface area contributed by atoms with Crippen molar-refractivity contribution in [3.63, 3.8) is 0 Å². The van der Waals surface area contributed by atoms with Crippen LogP contribution in [0, 0.1) is 6.92 Å².